The number of hydrogen-bond donors (Lipinski definition) is 2. The van der Waals surface area contributed by atoms with Gasteiger partial charge >= 0.3 is 5.97 Å². The van der Waals surface area contributed by atoms with Crippen LogP contribution in [0.25, 0.3) is 0 Å². The Kier molecular flexibility index (Phi) is 4.41. The van der Waals surface area contributed by atoms with Crippen molar-refractivity contribution in [1.82, 2.24) is 0 Å². The van der Waals surface area contributed by atoms with Crippen molar-refractivity contribution in [3.05, 3.63) is 52.5 Å². The van der Waals surface area contributed by atoms with E-state index < -0.39 is 12.0 Å². The molecule has 2 aromatic rings. The van der Waals surface area contributed by atoms with Gasteiger partial charge in [-0.25, -0.2) is 4.79 Å². The molecule has 1 unspecified atom stereocenters. The van der Waals surface area contributed by atoms with E-state index in [1.807, 2.05) is 6.07 Å². The molecule has 1 aliphatic rings. The number of rotatable bonds is 3. The summed E-state index contributed by atoms with van der Waals surface area (Å²) in [6, 6.07) is 11.1. The quantitative estimate of drug-likeness (QED) is 0.653. The van der Waals surface area contributed by atoms with Crippen molar-refractivity contribution < 1.29 is 14.3 Å². The first-order chi connectivity index (χ1) is 11.0. The zero-order chi connectivity index (χ0) is 16.4. The van der Waals surface area contributed by atoms with Gasteiger partial charge < -0.3 is 15.4 Å². The van der Waals surface area contributed by atoms with Crippen molar-refractivity contribution in [2.75, 3.05) is 10.6 Å². The van der Waals surface area contributed by atoms with E-state index in [1.54, 1.807) is 36.4 Å². The zero-order valence-electron chi connectivity index (χ0n) is 11.8. The maximum atomic E-state index is 12.1. The monoisotopic (exact) mass is 350 g/mol. The molecule has 118 valence electrons. The first kappa shape index (κ1) is 15.6. The number of carbonyl (C=O) groups is 2. The fraction of sp³-hybridized carbons (Fsp3) is 0.125. The van der Waals surface area contributed by atoms with E-state index in [4.69, 9.17) is 27.9 Å². The number of benzene rings is 2. The van der Waals surface area contributed by atoms with Crippen molar-refractivity contribution in [2.45, 2.75) is 12.5 Å². The van der Waals surface area contributed by atoms with Gasteiger partial charge in [0.1, 0.15) is 6.04 Å². The van der Waals surface area contributed by atoms with Crippen LogP contribution < -0.4 is 15.4 Å². The highest BCUT2D eigenvalue weighted by atomic mass is 35.5. The average molecular weight is 351 g/mol. The lowest BCUT2D eigenvalue weighted by Crippen LogP contribution is -2.39. The molecule has 1 heterocycles. The Morgan fingerprint density at radius 1 is 1.17 bits per heavy atom. The molecular formula is C16H12Cl2N2O3. The summed E-state index contributed by atoms with van der Waals surface area (Å²) in [6.45, 7) is 0. The molecule has 1 amide bonds. The molecule has 0 saturated carbocycles. The maximum Gasteiger partial charge on any atom is 0.334 e. The number of anilines is 2. The summed E-state index contributed by atoms with van der Waals surface area (Å²) < 4.78 is 5.21. The second kappa shape index (κ2) is 6.48. The van der Waals surface area contributed by atoms with Crippen molar-refractivity contribution in [1.29, 1.82) is 0 Å². The van der Waals surface area contributed by atoms with Crippen LogP contribution in [-0.4, -0.2) is 17.9 Å². The summed E-state index contributed by atoms with van der Waals surface area (Å²) in [5.74, 6) is -0.371. The molecule has 3 rings (SSSR count). The van der Waals surface area contributed by atoms with Crippen LogP contribution in [0, 0.1) is 0 Å². The van der Waals surface area contributed by atoms with Crippen molar-refractivity contribution >= 4 is 46.5 Å². The maximum absolute atomic E-state index is 12.1. The summed E-state index contributed by atoms with van der Waals surface area (Å²) in [5.41, 5.74) is 1.19. The number of ether oxygens (including phenoxy) is 1. The van der Waals surface area contributed by atoms with E-state index in [2.05, 4.69) is 10.6 Å². The van der Waals surface area contributed by atoms with Gasteiger partial charge in [-0.1, -0.05) is 35.3 Å². The third-order valence-electron chi connectivity index (χ3n) is 3.30. The van der Waals surface area contributed by atoms with E-state index in [0.717, 1.165) is 0 Å². The van der Waals surface area contributed by atoms with Gasteiger partial charge in [0.25, 0.3) is 0 Å². The molecular weight excluding hydrogens is 339 g/mol. The first-order valence-corrected chi connectivity index (χ1v) is 7.60. The molecule has 2 N–H and O–H groups in total. The van der Waals surface area contributed by atoms with Crippen LogP contribution >= 0.6 is 23.2 Å². The number of carbonyl (C=O) groups excluding carboxylic acids is 2. The van der Waals surface area contributed by atoms with Gasteiger partial charge in [0.2, 0.25) is 5.91 Å². The van der Waals surface area contributed by atoms with Gasteiger partial charge in [-0.15, -0.1) is 0 Å². The van der Waals surface area contributed by atoms with Gasteiger partial charge in [0.15, 0.2) is 5.75 Å². The molecule has 7 heteroatoms. The Hall–Kier alpha value is -2.24. The van der Waals surface area contributed by atoms with Crippen LogP contribution in [0.15, 0.2) is 42.5 Å². The third kappa shape index (κ3) is 3.57. The van der Waals surface area contributed by atoms with Crippen LogP contribution in [0.5, 0.6) is 5.75 Å². The van der Waals surface area contributed by atoms with Gasteiger partial charge in [0.05, 0.1) is 22.2 Å². The largest absolute Gasteiger partial charge is 0.423 e. The molecule has 2 aromatic carbocycles. The van der Waals surface area contributed by atoms with Crippen LogP contribution in [0.1, 0.15) is 6.42 Å². The SMILES string of the molecule is O=C(CC1Nc2ccccc2OC1=O)Nc1ccc(Cl)c(Cl)c1. The molecule has 0 radical (unpaired) electrons. The lowest BCUT2D eigenvalue weighted by atomic mass is 10.1. The predicted molar refractivity (Wildman–Crippen MR) is 89.2 cm³/mol. The second-order valence-electron chi connectivity index (χ2n) is 5.00. The van der Waals surface area contributed by atoms with Crippen LogP contribution in [0.3, 0.4) is 0 Å². The van der Waals surface area contributed by atoms with Crippen LogP contribution in [0.4, 0.5) is 11.4 Å². The minimum Gasteiger partial charge on any atom is -0.423 e. The summed E-state index contributed by atoms with van der Waals surface area (Å²) in [7, 11) is 0. The van der Waals surface area contributed by atoms with E-state index in [0.29, 0.717) is 27.2 Å². The Labute approximate surface area is 142 Å². The first-order valence-electron chi connectivity index (χ1n) is 6.85. The number of halogens is 2. The number of esters is 1. The highest BCUT2D eigenvalue weighted by molar-refractivity contribution is 6.42. The molecule has 5 nitrogen and oxygen atoms in total. The van der Waals surface area contributed by atoms with E-state index >= 15 is 0 Å². The zero-order valence-corrected chi connectivity index (χ0v) is 13.3. The van der Waals surface area contributed by atoms with Crippen molar-refractivity contribution in [3.8, 4) is 5.75 Å². The van der Waals surface area contributed by atoms with E-state index in [-0.39, 0.29) is 12.3 Å². The molecule has 0 fully saturated rings. The molecule has 1 aliphatic heterocycles. The summed E-state index contributed by atoms with van der Waals surface area (Å²) in [4.78, 5) is 24.0. The Morgan fingerprint density at radius 3 is 2.74 bits per heavy atom. The van der Waals surface area contributed by atoms with Crippen molar-refractivity contribution in [3.63, 3.8) is 0 Å². The van der Waals surface area contributed by atoms with Gasteiger partial charge in [0, 0.05) is 5.69 Å². The lowest BCUT2D eigenvalue weighted by Gasteiger charge is -2.25. The topological polar surface area (TPSA) is 67.4 Å². The minimum absolute atomic E-state index is 0.0621. The smallest absolute Gasteiger partial charge is 0.334 e. The standard InChI is InChI=1S/C16H12Cl2N2O3/c17-10-6-5-9(7-11(10)18)19-15(21)8-13-16(22)23-14-4-2-1-3-12(14)20-13/h1-7,13,20H,8H2,(H,19,21). The Bertz CT molecular complexity index is 780. The van der Waals surface area contributed by atoms with E-state index in [1.165, 1.54) is 0 Å². The van der Waals surface area contributed by atoms with Crippen LogP contribution in [-0.2, 0) is 9.59 Å². The van der Waals surface area contributed by atoms with Crippen LogP contribution in [0.2, 0.25) is 10.0 Å². The molecule has 0 bridgehead atoms. The lowest BCUT2D eigenvalue weighted by molar-refractivity contribution is -0.137. The highest BCUT2D eigenvalue weighted by Gasteiger charge is 2.29. The highest BCUT2D eigenvalue weighted by Crippen LogP contribution is 2.30. The average Bonchev–Trinajstić information content (AvgIpc) is 2.51. The van der Waals surface area contributed by atoms with Gasteiger partial charge in [-0.05, 0) is 30.3 Å². The summed E-state index contributed by atoms with van der Waals surface area (Å²) in [6.07, 6.45) is -0.0621. The fourth-order valence-corrected chi connectivity index (χ4v) is 2.50. The number of nitrogens with one attached hydrogen (secondary N) is 2. The van der Waals surface area contributed by atoms with E-state index in [9.17, 15) is 9.59 Å². The molecule has 0 spiro atoms. The summed E-state index contributed by atoms with van der Waals surface area (Å²) in [5, 5.41) is 6.42. The predicted octanol–water partition coefficient (Wildman–Crippen LogP) is 3.72. The third-order valence-corrected chi connectivity index (χ3v) is 4.04. The number of amides is 1. The molecule has 0 aromatic heterocycles. The van der Waals surface area contributed by atoms with Gasteiger partial charge in [-0.2, -0.15) is 0 Å². The molecule has 0 saturated heterocycles. The second-order valence-corrected chi connectivity index (χ2v) is 5.81. The normalized spacial score (nSPS) is 16.1. The fourth-order valence-electron chi connectivity index (χ4n) is 2.21. The molecule has 0 aliphatic carbocycles. The number of para-hydroxylation sites is 2. The number of hydrogen-bond acceptors (Lipinski definition) is 4. The van der Waals surface area contributed by atoms with Gasteiger partial charge in [-0.3, -0.25) is 4.79 Å². The minimum atomic E-state index is -0.743. The molecule has 1 atom stereocenters. The van der Waals surface area contributed by atoms with Crippen molar-refractivity contribution in [2.24, 2.45) is 0 Å². The number of fused-ring (bicyclic) bond motifs is 1. The Morgan fingerprint density at radius 2 is 1.96 bits per heavy atom. The molecule has 23 heavy (non-hydrogen) atoms. The summed E-state index contributed by atoms with van der Waals surface area (Å²) >= 11 is 11.7. The Balaban J connectivity index is 1.66.